The maximum Gasteiger partial charge on any atom is 0.223 e. The van der Waals surface area contributed by atoms with Crippen molar-refractivity contribution in [3.05, 3.63) is 53.1 Å². The Labute approximate surface area is 172 Å². The first kappa shape index (κ1) is 21.0. The number of phenols is 1. The number of aromatic hydroxyl groups is 1. The third-order valence-corrected chi connectivity index (χ3v) is 5.64. The van der Waals surface area contributed by atoms with Crippen molar-refractivity contribution in [3.63, 3.8) is 0 Å². The van der Waals surface area contributed by atoms with Gasteiger partial charge in [-0.25, -0.2) is 0 Å². The molecule has 156 valence electrons. The minimum absolute atomic E-state index is 0.0257. The molecule has 0 aromatic heterocycles. The van der Waals surface area contributed by atoms with Gasteiger partial charge in [-0.2, -0.15) is 0 Å². The first-order chi connectivity index (χ1) is 14.0. The number of quaternary nitrogens is 1. The van der Waals surface area contributed by atoms with Crippen LogP contribution in [0.2, 0.25) is 0 Å². The van der Waals surface area contributed by atoms with E-state index < -0.39 is 0 Å². The summed E-state index contributed by atoms with van der Waals surface area (Å²) >= 11 is 0. The Hall–Kier alpha value is -2.73. The van der Waals surface area contributed by atoms with E-state index in [0.29, 0.717) is 18.0 Å². The fourth-order valence-electron chi connectivity index (χ4n) is 3.84. The highest BCUT2D eigenvalue weighted by Gasteiger charge is 2.27. The maximum absolute atomic E-state index is 12.5. The van der Waals surface area contributed by atoms with Gasteiger partial charge in [-0.1, -0.05) is 29.8 Å². The van der Waals surface area contributed by atoms with Crippen LogP contribution in [0.5, 0.6) is 17.2 Å². The highest BCUT2D eigenvalue weighted by atomic mass is 16.5. The summed E-state index contributed by atoms with van der Waals surface area (Å²) in [5.74, 6) is 1.09. The van der Waals surface area contributed by atoms with E-state index in [9.17, 15) is 9.90 Å². The molecule has 2 aromatic rings. The summed E-state index contributed by atoms with van der Waals surface area (Å²) in [6.45, 7) is 5.33. The normalized spacial score (nSPS) is 18.9. The molecule has 0 bridgehead atoms. The van der Waals surface area contributed by atoms with Crippen molar-refractivity contribution < 1.29 is 24.3 Å². The predicted octanol–water partition coefficient (Wildman–Crippen LogP) is 1.83. The van der Waals surface area contributed by atoms with Crippen LogP contribution in [0.4, 0.5) is 0 Å². The largest absolute Gasteiger partial charge is 0.502 e. The standard InChI is InChI=1S/C23H30N2O4/c1-16-4-6-17(7-5-16)14-24-23(27)19-8-10-25(11-9-19)15-18-12-20(28-2)22(26)21(13-18)29-3/h4-7,12-13,19,26H,8-11,14-15H2,1-3H3,(H,24,27)/p+1. The van der Waals surface area contributed by atoms with Crippen molar-refractivity contribution in [2.75, 3.05) is 27.3 Å². The lowest BCUT2D eigenvalue weighted by molar-refractivity contribution is -0.919. The van der Waals surface area contributed by atoms with Crippen molar-refractivity contribution in [2.24, 2.45) is 5.92 Å². The lowest BCUT2D eigenvalue weighted by Crippen LogP contribution is -3.11. The lowest BCUT2D eigenvalue weighted by Gasteiger charge is -2.29. The highest BCUT2D eigenvalue weighted by molar-refractivity contribution is 5.78. The number of amides is 1. The number of ether oxygens (including phenoxy) is 2. The van der Waals surface area contributed by atoms with Crippen LogP contribution in [0.25, 0.3) is 0 Å². The average Bonchev–Trinajstić information content (AvgIpc) is 2.74. The van der Waals surface area contributed by atoms with Crippen molar-refractivity contribution in [1.82, 2.24) is 5.32 Å². The summed E-state index contributed by atoms with van der Waals surface area (Å²) in [7, 11) is 3.07. The molecule has 0 unspecified atom stereocenters. The van der Waals surface area contributed by atoms with Gasteiger partial charge in [0.2, 0.25) is 11.7 Å². The molecular weight excluding hydrogens is 368 g/mol. The van der Waals surface area contributed by atoms with Crippen LogP contribution in [0.3, 0.4) is 0 Å². The third-order valence-electron chi connectivity index (χ3n) is 5.64. The number of phenolic OH excluding ortho intramolecular Hbond substituents is 1. The highest BCUT2D eigenvalue weighted by Crippen LogP contribution is 2.36. The van der Waals surface area contributed by atoms with Crippen LogP contribution in [0.15, 0.2) is 36.4 Å². The van der Waals surface area contributed by atoms with E-state index in [1.165, 1.54) is 24.7 Å². The molecule has 1 saturated heterocycles. The molecule has 2 aromatic carbocycles. The van der Waals surface area contributed by atoms with Gasteiger partial charge in [-0.05, 0) is 24.6 Å². The molecule has 1 aliphatic rings. The van der Waals surface area contributed by atoms with Crippen LogP contribution in [-0.2, 0) is 17.9 Å². The van der Waals surface area contributed by atoms with E-state index in [4.69, 9.17) is 9.47 Å². The topological polar surface area (TPSA) is 72.2 Å². The maximum atomic E-state index is 12.5. The summed E-state index contributed by atoms with van der Waals surface area (Å²) in [5.41, 5.74) is 3.40. The first-order valence-electron chi connectivity index (χ1n) is 10.1. The number of piperidine rings is 1. The van der Waals surface area contributed by atoms with Crippen molar-refractivity contribution in [3.8, 4) is 17.2 Å². The second-order valence-electron chi connectivity index (χ2n) is 7.75. The minimum Gasteiger partial charge on any atom is -0.502 e. The number of benzene rings is 2. The minimum atomic E-state index is 0.0257. The zero-order chi connectivity index (χ0) is 20.8. The van der Waals surface area contributed by atoms with E-state index in [0.717, 1.165) is 43.6 Å². The fourth-order valence-corrected chi connectivity index (χ4v) is 3.84. The molecule has 1 amide bonds. The van der Waals surface area contributed by atoms with Gasteiger partial charge >= 0.3 is 0 Å². The van der Waals surface area contributed by atoms with Crippen molar-refractivity contribution in [2.45, 2.75) is 32.9 Å². The molecule has 0 spiro atoms. The van der Waals surface area contributed by atoms with Gasteiger partial charge in [0.15, 0.2) is 11.5 Å². The van der Waals surface area contributed by atoms with Gasteiger partial charge in [0, 0.05) is 30.9 Å². The molecule has 1 aliphatic heterocycles. The molecule has 3 N–H and O–H groups in total. The fraction of sp³-hybridized carbons (Fsp3) is 0.435. The monoisotopic (exact) mass is 399 g/mol. The zero-order valence-corrected chi connectivity index (χ0v) is 17.5. The molecule has 0 saturated carbocycles. The first-order valence-corrected chi connectivity index (χ1v) is 10.1. The quantitative estimate of drug-likeness (QED) is 0.664. The lowest BCUT2D eigenvalue weighted by atomic mass is 9.95. The van der Waals surface area contributed by atoms with Gasteiger partial charge in [0.05, 0.1) is 27.3 Å². The summed E-state index contributed by atoms with van der Waals surface area (Å²) in [5, 5.41) is 13.1. The average molecular weight is 400 g/mol. The SMILES string of the molecule is COc1cc(C[NH+]2CCC(C(=O)NCc3ccc(C)cc3)CC2)cc(OC)c1O. The van der Waals surface area contributed by atoms with E-state index in [1.54, 1.807) is 0 Å². The Bertz CT molecular complexity index is 802. The van der Waals surface area contributed by atoms with E-state index in [-0.39, 0.29) is 17.6 Å². The number of likely N-dealkylation sites (tertiary alicyclic amines) is 1. The second kappa shape index (κ2) is 9.65. The van der Waals surface area contributed by atoms with E-state index in [1.807, 2.05) is 12.1 Å². The molecule has 3 rings (SSSR count). The van der Waals surface area contributed by atoms with Crippen molar-refractivity contribution >= 4 is 5.91 Å². The smallest absolute Gasteiger partial charge is 0.223 e. The number of nitrogens with one attached hydrogen (secondary N) is 2. The number of aryl methyl sites for hydroxylation is 1. The summed E-state index contributed by atoms with van der Waals surface area (Å²) < 4.78 is 10.5. The van der Waals surface area contributed by atoms with Crippen LogP contribution < -0.4 is 19.7 Å². The number of hydrogen-bond acceptors (Lipinski definition) is 4. The number of carbonyl (C=O) groups is 1. The number of methoxy groups -OCH3 is 2. The summed E-state index contributed by atoms with van der Waals surface area (Å²) in [6, 6.07) is 12.0. The van der Waals surface area contributed by atoms with Crippen LogP contribution in [-0.4, -0.2) is 38.3 Å². The molecule has 0 aliphatic carbocycles. The number of hydrogen-bond donors (Lipinski definition) is 3. The Morgan fingerprint density at radius 1 is 1.07 bits per heavy atom. The Balaban J connectivity index is 1.50. The van der Waals surface area contributed by atoms with Gasteiger partial charge in [-0.15, -0.1) is 0 Å². The number of carbonyl (C=O) groups excluding carboxylic acids is 1. The van der Waals surface area contributed by atoms with E-state index >= 15 is 0 Å². The Morgan fingerprint density at radius 2 is 1.66 bits per heavy atom. The van der Waals surface area contributed by atoms with Crippen LogP contribution in [0, 0.1) is 12.8 Å². The van der Waals surface area contributed by atoms with Gasteiger partial charge in [0.25, 0.3) is 0 Å². The van der Waals surface area contributed by atoms with E-state index in [2.05, 4.69) is 36.5 Å². The summed E-state index contributed by atoms with van der Waals surface area (Å²) in [4.78, 5) is 13.9. The molecule has 6 nitrogen and oxygen atoms in total. The van der Waals surface area contributed by atoms with Crippen LogP contribution >= 0.6 is 0 Å². The molecule has 0 radical (unpaired) electrons. The molecular formula is C23H31N2O4+. The van der Waals surface area contributed by atoms with Crippen molar-refractivity contribution in [1.29, 1.82) is 0 Å². The van der Waals surface area contributed by atoms with Gasteiger partial charge in [0.1, 0.15) is 6.54 Å². The Kier molecular flexibility index (Phi) is 6.99. The molecule has 6 heteroatoms. The third kappa shape index (κ3) is 5.41. The molecule has 1 fully saturated rings. The van der Waals surface area contributed by atoms with Gasteiger partial charge in [-0.3, -0.25) is 4.79 Å². The molecule has 1 heterocycles. The summed E-state index contributed by atoms with van der Waals surface area (Å²) in [6.07, 6.45) is 1.75. The zero-order valence-electron chi connectivity index (χ0n) is 17.5. The Morgan fingerprint density at radius 3 is 2.21 bits per heavy atom. The molecule has 0 atom stereocenters. The number of rotatable bonds is 7. The predicted molar refractivity (Wildman–Crippen MR) is 111 cm³/mol. The van der Waals surface area contributed by atoms with Gasteiger partial charge < -0.3 is 24.8 Å². The van der Waals surface area contributed by atoms with Crippen LogP contribution in [0.1, 0.15) is 29.5 Å². The second-order valence-corrected chi connectivity index (χ2v) is 7.75. The molecule has 29 heavy (non-hydrogen) atoms.